The summed E-state index contributed by atoms with van der Waals surface area (Å²) in [4.78, 5) is 0. The van der Waals surface area contributed by atoms with Gasteiger partial charge in [0.1, 0.15) is 0 Å². The summed E-state index contributed by atoms with van der Waals surface area (Å²) in [5.74, 6) is 1.65. The number of nitrogens with one attached hydrogen (secondary N) is 1. The van der Waals surface area contributed by atoms with Crippen LogP contribution in [-0.4, -0.2) is 23.3 Å². The zero-order chi connectivity index (χ0) is 12.2. The van der Waals surface area contributed by atoms with Crippen molar-refractivity contribution in [2.75, 3.05) is 6.54 Å². The Kier molecular flexibility index (Phi) is 5.26. The predicted octanol–water partition coefficient (Wildman–Crippen LogP) is 2.95. The van der Waals surface area contributed by atoms with Crippen molar-refractivity contribution >= 4 is 0 Å². The van der Waals surface area contributed by atoms with E-state index in [0.29, 0.717) is 6.04 Å². The maximum atomic E-state index is 9.72. The van der Waals surface area contributed by atoms with Crippen molar-refractivity contribution in [2.45, 2.75) is 71.4 Å². The summed E-state index contributed by atoms with van der Waals surface area (Å²) >= 11 is 0. The highest BCUT2D eigenvalue weighted by Crippen LogP contribution is 2.30. The fraction of sp³-hybridized carbons (Fsp3) is 1.00. The van der Waals surface area contributed by atoms with E-state index in [4.69, 9.17) is 0 Å². The Morgan fingerprint density at radius 2 is 2.00 bits per heavy atom. The standard InChI is InChI=1S/C14H29NO/c1-11(2)8-9-12-6-5-7-13(12)15-10-14(3,4)16/h11-13,15-16H,5-10H2,1-4H3. The molecule has 0 heterocycles. The van der Waals surface area contributed by atoms with E-state index in [1.807, 2.05) is 13.8 Å². The van der Waals surface area contributed by atoms with E-state index in [9.17, 15) is 5.11 Å². The molecule has 1 aliphatic carbocycles. The Labute approximate surface area is 101 Å². The lowest BCUT2D eigenvalue weighted by atomic mass is 9.93. The molecule has 1 fully saturated rings. The van der Waals surface area contributed by atoms with Gasteiger partial charge >= 0.3 is 0 Å². The van der Waals surface area contributed by atoms with Crippen LogP contribution in [0.2, 0.25) is 0 Å². The van der Waals surface area contributed by atoms with Gasteiger partial charge < -0.3 is 10.4 Å². The topological polar surface area (TPSA) is 32.3 Å². The third-order valence-corrected chi connectivity index (χ3v) is 3.57. The third kappa shape index (κ3) is 5.31. The molecule has 0 aliphatic heterocycles. The van der Waals surface area contributed by atoms with Gasteiger partial charge in [0.15, 0.2) is 0 Å². The molecule has 0 aromatic rings. The van der Waals surface area contributed by atoms with Gasteiger partial charge in [-0.25, -0.2) is 0 Å². The van der Waals surface area contributed by atoms with Crippen LogP contribution in [0.1, 0.15) is 59.8 Å². The molecule has 0 aromatic heterocycles. The highest BCUT2D eigenvalue weighted by Gasteiger charge is 2.27. The van der Waals surface area contributed by atoms with E-state index in [2.05, 4.69) is 19.2 Å². The van der Waals surface area contributed by atoms with Crippen LogP contribution in [-0.2, 0) is 0 Å². The Bertz CT molecular complexity index is 195. The normalized spacial score (nSPS) is 26.6. The van der Waals surface area contributed by atoms with Crippen LogP contribution in [0.25, 0.3) is 0 Å². The second-order valence-corrected chi connectivity index (χ2v) is 6.46. The van der Waals surface area contributed by atoms with Crippen molar-refractivity contribution in [2.24, 2.45) is 11.8 Å². The molecule has 2 N–H and O–H groups in total. The summed E-state index contributed by atoms with van der Waals surface area (Å²) in [5, 5.41) is 13.3. The van der Waals surface area contributed by atoms with Crippen LogP contribution in [0.4, 0.5) is 0 Å². The van der Waals surface area contributed by atoms with Gasteiger partial charge in [-0.05, 0) is 44.9 Å². The van der Waals surface area contributed by atoms with Crippen molar-refractivity contribution in [1.82, 2.24) is 5.32 Å². The van der Waals surface area contributed by atoms with E-state index in [1.165, 1.54) is 32.1 Å². The minimum Gasteiger partial charge on any atom is -0.389 e. The van der Waals surface area contributed by atoms with Crippen LogP contribution in [0, 0.1) is 11.8 Å². The van der Waals surface area contributed by atoms with Gasteiger partial charge in [0, 0.05) is 12.6 Å². The summed E-state index contributed by atoms with van der Waals surface area (Å²) in [5.41, 5.74) is -0.578. The molecular formula is C14H29NO. The average molecular weight is 227 g/mol. The van der Waals surface area contributed by atoms with Gasteiger partial charge in [-0.2, -0.15) is 0 Å². The van der Waals surface area contributed by atoms with E-state index in [-0.39, 0.29) is 0 Å². The van der Waals surface area contributed by atoms with Gasteiger partial charge in [0.25, 0.3) is 0 Å². The first-order chi connectivity index (χ1) is 7.38. The van der Waals surface area contributed by atoms with E-state index in [0.717, 1.165) is 18.4 Å². The van der Waals surface area contributed by atoms with Crippen molar-refractivity contribution in [1.29, 1.82) is 0 Å². The molecular weight excluding hydrogens is 198 g/mol. The van der Waals surface area contributed by atoms with Gasteiger partial charge in [-0.3, -0.25) is 0 Å². The van der Waals surface area contributed by atoms with E-state index in [1.54, 1.807) is 0 Å². The zero-order valence-corrected chi connectivity index (χ0v) is 11.4. The summed E-state index contributed by atoms with van der Waals surface area (Å²) in [6, 6.07) is 0.644. The second kappa shape index (κ2) is 6.02. The van der Waals surface area contributed by atoms with Crippen molar-refractivity contribution in [3.8, 4) is 0 Å². The van der Waals surface area contributed by atoms with Crippen LogP contribution in [0.3, 0.4) is 0 Å². The lowest BCUT2D eigenvalue weighted by Gasteiger charge is -2.26. The fourth-order valence-corrected chi connectivity index (χ4v) is 2.58. The predicted molar refractivity (Wildman–Crippen MR) is 69.5 cm³/mol. The molecule has 1 saturated carbocycles. The number of hydrogen-bond acceptors (Lipinski definition) is 2. The number of rotatable bonds is 6. The molecule has 16 heavy (non-hydrogen) atoms. The summed E-state index contributed by atoms with van der Waals surface area (Å²) in [6.45, 7) is 9.06. The Hall–Kier alpha value is -0.0800. The monoisotopic (exact) mass is 227 g/mol. The lowest BCUT2D eigenvalue weighted by Crippen LogP contribution is -2.42. The van der Waals surface area contributed by atoms with Gasteiger partial charge in [-0.15, -0.1) is 0 Å². The van der Waals surface area contributed by atoms with Crippen LogP contribution in [0.5, 0.6) is 0 Å². The molecule has 0 saturated heterocycles. The van der Waals surface area contributed by atoms with Crippen LogP contribution >= 0.6 is 0 Å². The van der Waals surface area contributed by atoms with Crippen molar-refractivity contribution in [3.63, 3.8) is 0 Å². The molecule has 2 atom stereocenters. The molecule has 2 unspecified atom stereocenters. The first-order valence-corrected chi connectivity index (χ1v) is 6.84. The highest BCUT2D eigenvalue weighted by molar-refractivity contribution is 4.85. The third-order valence-electron chi connectivity index (χ3n) is 3.57. The molecule has 1 rings (SSSR count). The largest absolute Gasteiger partial charge is 0.389 e. The zero-order valence-electron chi connectivity index (χ0n) is 11.4. The smallest absolute Gasteiger partial charge is 0.0715 e. The second-order valence-electron chi connectivity index (χ2n) is 6.46. The molecule has 0 aromatic carbocycles. The molecule has 1 aliphatic rings. The number of aliphatic hydroxyl groups is 1. The Balaban J connectivity index is 2.29. The SMILES string of the molecule is CC(C)CCC1CCCC1NCC(C)(C)O. The van der Waals surface area contributed by atoms with Crippen LogP contribution in [0.15, 0.2) is 0 Å². The first kappa shape index (κ1) is 14.0. The summed E-state index contributed by atoms with van der Waals surface area (Å²) in [7, 11) is 0. The Morgan fingerprint density at radius 3 is 2.56 bits per heavy atom. The van der Waals surface area contributed by atoms with Gasteiger partial charge in [0.2, 0.25) is 0 Å². The minimum absolute atomic E-state index is 0.578. The molecule has 0 amide bonds. The summed E-state index contributed by atoms with van der Waals surface area (Å²) < 4.78 is 0. The molecule has 96 valence electrons. The quantitative estimate of drug-likeness (QED) is 0.731. The molecule has 2 heteroatoms. The molecule has 0 radical (unpaired) electrons. The van der Waals surface area contributed by atoms with Gasteiger partial charge in [-0.1, -0.05) is 26.7 Å². The molecule has 2 nitrogen and oxygen atoms in total. The van der Waals surface area contributed by atoms with E-state index >= 15 is 0 Å². The maximum Gasteiger partial charge on any atom is 0.0715 e. The maximum absolute atomic E-state index is 9.72. The van der Waals surface area contributed by atoms with E-state index < -0.39 is 5.60 Å². The average Bonchev–Trinajstić information content (AvgIpc) is 2.57. The molecule has 0 spiro atoms. The first-order valence-electron chi connectivity index (χ1n) is 6.84. The molecule has 0 bridgehead atoms. The fourth-order valence-electron chi connectivity index (χ4n) is 2.58. The van der Waals surface area contributed by atoms with Crippen molar-refractivity contribution in [3.05, 3.63) is 0 Å². The highest BCUT2D eigenvalue weighted by atomic mass is 16.3. The number of hydrogen-bond donors (Lipinski definition) is 2. The van der Waals surface area contributed by atoms with Crippen molar-refractivity contribution < 1.29 is 5.11 Å². The lowest BCUT2D eigenvalue weighted by molar-refractivity contribution is 0.0743. The minimum atomic E-state index is -0.578. The summed E-state index contributed by atoms with van der Waals surface area (Å²) in [6.07, 6.45) is 6.70. The van der Waals surface area contributed by atoms with Crippen LogP contribution < -0.4 is 5.32 Å². The Morgan fingerprint density at radius 1 is 1.31 bits per heavy atom. The van der Waals surface area contributed by atoms with Gasteiger partial charge in [0.05, 0.1) is 5.60 Å².